The summed E-state index contributed by atoms with van der Waals surface area (Å²) in [4.78, 5) is 1.09. The molecule has 0 saturated carbocycles. The molecule has 0 aliphatic carbocycles. The Balaban J connectivity index is 2.37. The van der Waals surface area contributed by atoms with E-state index in [2.05, 4.69) is 6.07 Å². The Morgan fingerprint density at radius 2 is 1.81 bits per heavy atom. The summed E-state index contributed by atoms with van der Waals surface area (Å²) in [6.07, 6.45) is 0. The molecule has 1 aromatic heterocycles. The third-order valence-electron chi connectivity index (χ3n) is 3.43. The molecule has 0 atom stereocenters. The summed E-state index contributed by atoms with van der Waals surface area (Å²) in [7, 11) is 0. The van der Waals surface area contributed by atoms with Crippen LogP contribution in [0.2, 0.25) is 15.1 Å². The first kappa shape index (κ1) is 15.1. The van der Waals surface area contributed by atoms with Crippen LogP contribution in [0.5, 0.6) is 0 Å². The van der Waals surface area contributed by atoms with Crippen LogP contribution in [0.3, 0.4) is 0 Å². The number of hydrogen-bond acceptors (Lipinski definition) is 2. The first-order valence-corrected chi connectivity index (χ1v) is 8.33. The van der Waals surface area contributed by atoms with Crippen molar-refractivity contribution in [3.63, 3.8) is 0 Å². The summed E-state index contributed by atoms with van der Waals surface area (Å²) >= 11 is 20.3. The fourth-order valence-corrected chi connectivity index (χ4v) is 4.24. The van der Waals surface area contributed by atoms with Gasteiger partial charge in [0.25, 0.3) is 0 Å². The quantitative estimate of drug-likeness (QED) is 0.573. The van der Waals surface area contributed by atoms with Crippen molar-refractivity contribution in [2.75, 3.05) is 0 Å². The molecule has 21 heavy (non-hydrogen) atoms. The van der Waals surface area contributed by atoms with Crippen molar-refractivity contribution >= 4 is 56.2 Å². The zero-order chi connectivity index (χ0) is 15.1. The van der Waals surface area contributed by atoms with Crippen molar-refractivity contribution in [3.05, 3.63) is 55.8 Å². The van der Waals surface area contributed by atoms with Crippen LogP contribution in [0, 0.1) is 6.92 Å². The second kappa shape index (κ2) is 5.79. The largest absolute Gasteiger partial charge is 0.326 e. The number of aryl methyl sites for hydroxylation is 1. The van der Waals surface area contributed by atoms with E-state index in [-0.39, 0.29) is 0 Å². The van der Waals surface area contributed by atoms with Crippen LogP contribution in [-0.2, 0) is 6.54 Å². The maximum Gasteiger partial charge on any atom is 0.0499 e. The Kier molecular flexibility index (Phi) is 4.17. The normalized spacial score (nSPS) is 11.3. The maximum atomic E-state index is 6.37. The van der Waals surface area contributed by atoms with E-state index in [9.17, 15) is 0 Å². The summed E-state index contributed by atoms with van der Waals surface area (Å²) in [5.41, 5.74) is 8.97. The van der Waals surface area contributed by atoms with Gasteiger partial charge in [0.15, 0.2) is 0 Å². The molecular formula is C16H12Cl3NS. The van der Waals surface area contributed by atoms with Crippen LogP contribution in [0.1, 0.15) is 10.4 Å². The number of thiophene rings is 1. The molecule has 1 heterocycles. The number of rotatable bonds is 2. The lowest BCUT2D eigenvalue weighted by Gasteiger charge is -2.07. The van der Waals surface area contributed by atoms with Gasteiger partial charge in [-0.15, -0.1) is 11.3 Å². The van der Waals surface area contributed by atoms with E-state index in [1.165, 1.54) is 4.70 Å². The number of benzene rings is 2. The topological polar surface area (TPSA) is 26.0 Å². The molecule has 2 N–H and O–H groups in total. The van der Waals surface area contributed by atoms with Crippen LogP contribution in [0.15, 0.2) is 30.3 Å². The lowest BCUT2D eigenvalue weighted by molar-refractivity contribution is 1.11. The van der Waals surface area contributed by atoms with Crippen LogP contribution in [0.25, 0.3) is 21.2 Å². The van der Waals surface area contributed by atoms with E-state index in [1.54, 1.807) is 17.4 Å². The molecule has 3 aromatic rings. The minimum absolute atomic E-state index is 0.463. The predicted molar refractivity (Wildman–Crippen MR) is 94.9 cm³/mol. The average molecular weight is 357 g/mol. The molecule has 0 unspecified atom stereocenters. The van der Waals surface area contributed by atoms with E-state index in [0.29, 0.717) is 16.6 Å². The van der Waals surface area contributed by atoms with Gasteiger partial charge < -0.3 is 5.73 Å². The molecule has 1 nitrogen and oxygen atoms in total. The van der Waals surface area contributed by atoms with Crippen molar-refractivity contribution in [1.29, 1.82) is 0 Å². The van der Waals surface area contributed by atoms with Gasteiger partial charge in [-0.3, -0.25) is 0 Å². The van der Waals surface area contributed by atoms with Crippen molar-refractivity contribution in [2.24, 2.45) is 5.73 Å². The van der Waals surface area contributed by atoms with Gasteiger partial charge in [-0.25, -0.2) is 0 Å². The minimum Gasteiger partial charge on any atom is -0.326 e. The Hall–Kier alpha value is -0.770. The van der Waals surface area contributed by atoms with Gasteiger partial charge in [0.1, 0.15) is 0 Å². The molecule has 0 fully saturated rings. The van der Waals surface area contributed by atoms with Crippen LogP contribution >= 0.6 is 46.1 Å². The summed E-state index contributed by atoms with van der Waals surface area (Å²) in [5, 5.41) is 3.07. The predicted octanol–water partition coefficient (Wildman–Crippen LogP) is 6.30. The Morgan fingerprint density at radius 3 is 2.48 bits per heavy atom. The zero-order valence-electron chi connectivity index (χ0n) is 11.2. The number of hydrogen-bond donors (Lipinski definition) is 1. The molecule has 0 spiro atoms. The highest BCUT2D eigenvalue weighted by Gasteiger charge is 2.17. The summed E-state index contributed by atoms with van der Waals surface area (Å²) in [6.45, 7) is 2.46. The molecule has 108 valence electrons. The summed E-state index contributed by atoms with van der Waals surface area (Å²) in [5.74, 6) is 0. The smallest absolute Gasteiger partial charge is 0.0499 e. The Morgan fingerprint density at radius 1 is 1.05 bits per heavy atom. The Labute approximate surface area is 142 Å². The van der Waals surface area contributed by atoms with Gasteiger partial charge in [0, 0.05) is 47.7 Å². The number of fused-ring (bicyclic) bond motifs is 1. The fraction of sp³-hybridized carbons (Fsp3) is 0.125. The summed E-state index contributed by atoms with van der Waals surface area (Å²) in [6, 6.07) is 9.59. The lowest BCUT2D eigenvalue weighted by Crippen LogP contribution is -1.95. The average Bonchev–Trinajstić information content (AvgIpc) is 2.77. The van der Waals surface area contributed by atoms with Crippen LogP contribution in [-0.4, -0.2) is 0 Å². The third kappa shape index (κ3) is 2.67. The van der Waals surface area contributed by atoms with Crippen molar-refractivity contribution in [2.45, 2.75) is 13.5 Å². The highest BCUT2D eigenvalue weighted by Crippen LogP contribution is 2.43. The molecule has 0 aliphatic rings. The van der Waals surface area contributed by atoms with Crippen molar-refractivity contribution < 1.29 is 0 Å². The molecule has 5 heteroatoms. The highest BCUT2D eigenvalue weighted by atomic mass is 35.5. The molecule has 0 amide bonds. The zero-order valence-corrected chi connectivity index (χ0v) is 14.3. The van der Waals surface area contributed by atoms with E-state index in [0.717, 1.165) is 32.0 Å². The fourth-order valence-electron chi connectivity index (χ4n) is 2.40. The first-order valence-electron chi connectivity index (χ1n) is 6.38. The number of nitrogens with two attached hydrogens (primary N) is 1. The van der Waals surface area contributed by atoms with Gasteiger partial charge in [0.05, 0.1) is 0 Å². The van der Waals surface area contributed by atoms with Crippen molar-refractivity contribution in [1.82, 2.24) is 0 Å². The molecular weight excluding hydrogens is 345 g/mol. The van der Waals surface area contributed by atoms with E-state index < -0.39 is 0 Å². The molecule has 0 bridgehead atoms. The lowest BCUT2D eigenvalue weighted by atomic mass is 10.0. The van der Waals surface area contributed by atoms with Crippen LogP contribution < -0.4 is 5.73 Å². The van der Waals surface area contributed by atoms with E-state index in [4.69, 9.17) is 40.5 Å². The molecule has 2 aromatic carbocycles. The maximum absolute atomic E-state index is 6.37. The molecule has 3 rings (SSSR count). The minimum atomic E-state index is 0.463. The van der Waals surface area contributed by atoms with Crippen molar-refractivity contribution in [3.8, 4) is 11.1 Å². The highest BCUT2D eigenvalue weighted by molar-refractivity contribution is 7.19. The second-order valence-corrected chi connectivity index (χ2v) is 7.21. The molecule has 0 saturated heterocycles. The summed E-state index contributed by atoms with van der Waals surface area (Å²) < 4.78 is 1.17. The molecule has 0 radical (unpaired) electrons. The number of halogens is 3. The van der Waals surface area contributed by atoms with Gasteiger partial charge in [-0.05, 0) is 36.8 Å². The first-order chi connectivity index (χ1) is 10.0. The van der Waals surface area contributed by atoms with Gasteiger partial charge in [-0.1, -0.05) is 40.9 Å². The van der Waals surface area contributed by atoms with Crippen LogP contribution in [0.4, 0.5) is 0 Å². The van der Waals surface area contributed by atoms with Gasteiger partial charge >= 0.3 is 0 Å². The SMILES string of the molecule is Cc1cc2sc(CN)c(-c3ccc(Cl)cc3Cl)c2cc1Cl. The van der Waals surface area contributed by atoms with Gasteiger partial charge in [-0.2, -0.15) is 0 Å². The standard InChI is InChI=1S/C16H12Cl3NS/c1-8-4-14-11(6-12(8)18)16(15(7-20)21-14)10-3-2-9(17)5-13(10)19/h2-6H,7,20H2,1H3. The van der Waals surface area contributed by atoms with E-state index in [1.807, 2.05) is 25.1 Å². The molecule has 0 aliphatic heterocycles. The third-order valence-corrected chi connectivity index (χ3v) is 5.56. The Bertz CT molecular complexity index is 839. The van der Waals surface area contributed by atoms with E-state index >= 15 is 0 Å². The monoisotopic (exact) mass is 355 g/mol. The second-order valence-electron chi connectivity index (χ2n) is 4.83. The van der Waals surface area contributed by atoms with Gasteiger partial charge in [0.2, 0.25) is 0 Å².